The molecule has 0 aromatic heterocycles. The van der Waals surface area contributed by atoms with Gasteiger partial charge in [0.1, 0.15) is 0 Å². The molecule has 3 rings (SSSR count). The van der Waals surface area contributed by atoms with Crippen LogP contribution in [0.2, 0.25) is 0 Å². The highest BCUT2D eigenvalue weighted by Crippen LogP contribution is 2.68. The van der Waals surface area contributed by atoms with Crippen molar-refractivity contribution in [2.24, 2.45) is 5.41 Å². The maximum absolute atomic E-state index is 2.48. The highest BCUT2D eigenvalue weighted by molar-refractivity contribution is 5.49. The molecule has 1 spiro atoms. The van der Waals surface area contributed by atoms with E-state index < -0.39 is 0 Å². The molecule has 1 aromatic rings. The molecule has 0 amide bonds. The molecule has 0 saturated heterocycles. The largest absolute Gasteiger partial charge is 0.0620 e. The van der Waals surface area contributed by atoms with Crippen molar-refractivity contribution < 1.29 is 0 Å². The quantitative estimate of drug-likeness (QED) is 0.597. The van der Waals surface area contributed by atoms with Crippen LogP contribution in [-0.2, 0) is 10.8 Å². The lowest BCUT2D eigenvalue weighted by Gasteiger charge is -2.47. The van der Waals surface area contributed by atoms with Crippen LogP contribution < -0.4 is 0 Å². The molecule has 1 aromatic carbocycles. The van der Waals surface area contributed by atoms with E-state index >= 15 is 0 Å². The molecule has 0 atom stereocenters. The summed E-state index contributed by atoms with van der Waals surface area (Å²) in [5, 5.41) is 0. The van der Waals surface area contributed by atoms with Crippen molar-refractivity contribution in [3.8, 4) is 0 Å². The molecule has 0 radical (unpaired) electrons. The Bertz CT molecular complexity index is 408. The van der Waals surface area contributed by atoms with Crippen LogP contribution in [0.1, 0.15) is 64.5 Å². The molecule has 17 heavy (non-hydrogen) atoms. The summed E-state index contributed by atoms with van der Waals surface area (Å²) in [6.45, 7) is 9.91. The monoisotopic (exact) mass is 228 g/mol. The Hall–Kier alpha value is -0.780. The topological polar surface area (TPSA) is 0 Å². The van der Waals surface area contributed by atoms with E-state index in [1.165, 1.54) is 25.7 Å². The standard InChI is InChI=1S/C17H24/c1-15(2)13-9-5-6-10-14(13)16(3,4)17(15)11-7-8-12-17/h5-6,9-10H,7-8,11-12H2,1-4H3. The molecule has 0 heteroatoms. The van der Waals surface area contributed by atoms with Crippen molar-refractivity contribution in [3.05, 3.63) is 35.4 Å². The maximum Gasteiger partial charge on any atom is -0.00359 e. The van der Waals surface area contributed by atoms with Gasteiger partial charge in [0.05, 0.1) is 0 Å². The van der Waals surface area contributed by atoms with Crippen molar-refractivity contribution in [2.45, 2.75) is 64.2 Å². The van der Waals surface area contributed by atoms with Gasteiger partial charge in [-0.25, -0.2) is 0 Å². The van der Waals surface area contributed by atoms with Gasteiger partial charge in [0.15, 0.2) is 0 Å². The van der Waals surface area contributed by atoms with Gasteiger partial charge in [-0.3, -0.25) is 0 Å². The van der Waals surface area contributed by atoms with Gasteiger partial charge in [0, 0.05) is 0 Å². The third-order valence-corrected chi connectivity index (χ3v) is 6.12. The summed E-state index contributed by atoms with van der Waals surface area (Å²) >= 11 is 0. The van der Waals surface area contributed by atoms with Crippen LogP contribution >= 0.6 is 0 Å². The van der Waals surface area contributed by atoms with E-state index in [0.717, 1.165) is 0 Å². The third kappa shape index (κ3) is 1.10. The fourth-order valence-electron chi connectivity index (χ4n) is 5.10. The molecular weight excluding hydrogens is 204 g/mol. The van der Waals surface area contributed by atoms with Gasteiger partial charge in [-0.2, -0.15) is 0 Å². The van der Waals surface area contributed by atoms with Gasteiger partial charge in [-0.15, -0.1) is 0 Å². The highest BCUT2D eigenvalue weighted by atomic mass is 14.7. The predicted molar refractivity (Wildman–Crippen MR) is 73.4 cm³/mol. The van der Waals surface area contributed by atoms with E-state index in [1.54, 1.807) is 11.1 Å². The number of rotatable bonds is 0. The van der Waals surface area contributed by atoms with E-state index in [4.69, 9.17) is 0 Å². The molecule has 0 unspecified atom stereocenters. The van der Waals surface area contributed by atoms with E-state index in [9.17, 15) is 0 Å². The molecule has 0 heterocycles. The summed E-state index contributed by atoms with van der Waals surface area (Å²) < 4.78 is 0. The summed E-state index contributed by atoms with van der Waals surface area (Å²) in [7, 11) is 0. The summed E-state index contributed by atoms with van der Waals surface area (Å²) in [6, 6.07) is 9.16. The predicted octanol–water partition coefficient (Wildman–Crippen LogP) is 4.82. The van der Waals surface area contributed by atoms with Crippen molar-refractivity contribution in [3.63, 3.8) is 0 Å². The molecular formula is C17H24. The Morgan fingerprint density at radius 3 is 1.59 bits per heavy atom. The molecule has 1 fully saturated rings. The molecule has 2 aliphatic carbocycles. The van der Waals surface area contributed by atoms with Crippen LogP contribution in [0.3, 0.4) is 0 Å². The first-order chi connectivity index (χ1) is 7.93. The van der Waals surface area contributed by atoms with Crippen LogP contribution in [0.5, 0.6) is 0 Å². The molecule has 2 aliphatic rings. The van der Waals surface area contributed by atoms with Crippen LogP contribution in [0.25, 0.3) is 0 Å². The summed E-state index contributed by atoms with van der Waals surface area (Å²) in [5.74, 6) is 0. The maximum atomic E-state index is 2.48. The molecule has 92 valence electrons. The lowest BCUT2D eigenvalue weighted by Crippen LogP contribution is -2.45. The first-order valence-corrected chi connectivity index (χ1v) is 7.03. The number of fused-ring (bicyclic) bond motifs is 1. The molecule has 0 aliphatic heterocycles. The van der Waals surface area contributed by atoms with Gasteiger partial charge >= 0.3 is 0 Å². The molecule has 0 N–H and O–H groups in total. The SMILES string of the molecule is CC1(C)c2ccccc2C(C)(C)C12CCCC2. The van der Waals surface area contributed by atoms with E-state index in [2.05, 4.69) is 52.0 Å². The zero-order valence-electron chi connectivity index (χ0n) is 11.6. The highest BCUT2D eigenvalue weighted by Gasteiger charge is 2.62. The van der Waals surface area contributed by atoms with Crippen LogP contribution in [0, 0.1) is 5.41 Å². The van der Waals surface area contributed by atoms with Gasteiger partial charge in [-0.05, 0) is 40.2 Å². The fourth-order valence-corrected chi connectivity index (χ4v) is 5.10. The second-order valence-electron chi connectivity index (χ2n) is 7.08. The molecule has 0 bridgehead atoms. The normalized spacial score (nSPS) is 27.3. The Kier molecular flexibility index (Phi) is 2.10. The Morgan fingerprint density at radius 2 is 1.18 bits per heavy atom. The van der Waals surface area contributed by atoms with E-state index in [-0.39, 0.29) is 0 Å². The van der Waals surface area contributed by atoms with Crippen molar-refractivity contribution >= 4 is 0 Å². The molecule has 0 nitrogen and oxygen atoms in total. The first-order valence-electron chi connectivity index (χ1n) is 7.03. The number of hydrogen-bond acceptors (Lipinski definition) is 0. The molecule has 1 saturated carbocycles. The van der Waals surface area contributed by atoms with Crippen molar-refractivity contribution in [1.82, 2.24) is 0 Å². The van der Waals surface area contributed by atoms with Gasteiger partial charge < -0.3 is 0 Å². The van der Waals surface area contributed by atoms with Crippen molar-refractivity contribution in [2.75, 3.05) is 0 Å². The van der Waals surface area contributed by atoms with E-state index in [1.807, 2.05) is 0 Å². The average molecular weight is 228 g/mol. The minimum absolute atomic E-state index is 0.337. The van der Waals surface area contributed by atoms with Gasteiger partial charge in [0.2, 0.25) is 0 Å². The minimum Gasteiger partial charge on any atom is -0.0620 e. The Labute approximate surface area is 105 Å². The number of benzene rings is 1. The summed E-state index contributed by atoms with van der Waals surface area (Å²) in [5.41, 5.74) is 4.37. The fraction of sp³-hybridized carbons (Fsp3) is 0.647. The lowest BCUT2D eigenvalue weighted by atomic mass is 9.56. The van der Waals surface area contributed by atoms with Gasteiger partial charge in [-0.1, -0.05) is 64.8 Å². The third-order valence-electron chi connectivity index (χ3n) is 6.12. The Balaban J connectivity index is 2.29. The first kappa shape index (κ1) is 11.3. The Morgan fingerprint density at radius 1 is 0.765 bits per heavy atom. The van der Waals surface area contributed by atoms with E-state index in [0.29, 0.717) is 16.2 Å². The average Bonchev–Trinajstić information content (AvgIpc) is 2.83. The smallest absolute Gasteiger partial charge is 0.00359 e. The second-order valence-corrected chi connectivity index (χ2v) is 7.08. The second kappa shape index (κ2) is 3.16. The summed E-state index contributed by atoms with van der Waals surface area (Å²) in [4.78, 5) is 0. The van der Waals surface area contributed by atoms with Crippen LogP contribution in [0.15, 0.2) is 24.3 Å². The zero-order valence-corrected chi connectivity index (χ0v) is 11.6. The van der Waals surface area contributed by atoms with Crippen LogP contribution in [0.4, 0.5) is 0 Å². The van der Waals surface area contributed by atoms with Crippen LogP contribution in [-0.4, -0.2) is 0 Å². The summed E-state index contributed by atoms with van der Waals surface area (Å²) in [6.07, 6.45) is 5.64. The zero-order chi connectivity index (χ0) is 12.3. The lowest BCUT2D eigenvalue weighted by molar-refractivity contribution is 0.0844. The minimum atomic E-state index is 0.337. The van der Waals surface area contributed by atoms with Crippen molar-refractivity contribution in [1.29, 1.82) is 0 Å². The number of hydrogen-bond donors (Lipinski definition) is 0. The van der Waals surface area contributed by atoms with Gasteiger partial charge in [0.25, 0.3) is 0 Å².